The summed E-state index contributed by atoms with van der Waals surface area (Å²) in [5.41, 5.74) is 0.861. The van der Waals surface area contributed by atoms with Crippen molar-refractivity contribution in [2.75, 3.05) is 37.7 Å². The first kappa shape index (κ1) is 17.4. The van der Waals surface area contributed by atoms with E-state index in [0.29, 0.717) is 32.1 Å². The molecule has 27 heavy (non-hydrogen) atoms. The van der Waals surface area contributed by atoms with E-state index in [1.807, 2.05) is 30.3 Å². The summed E-state index contributed by atoms with van der Waals surface area (Å²) in [5, 5.41) is 2.90. The first-order valence-electron chi connectivity index (χ1n) is 8.99. The minimum absolute atomic E-state index is 0.0996. The van der Waals surface area contributed by atoms with Gasteiger partial charge in [0.05, 0.1) is 6.04 Å². The van der Waals surface area contributed by atoms with Crippen LogP contribution in [0.5, 0.6) is 0 Å². The minimum Gasteiger partial charge on any atom is -0.356 e. The molecule has 140 valence electrons. The smallest absolute Gasteiger partial charge is 0.254 e. The molecule has 0 saturated carbocycles. The van der Waals surface area contributed by atoms with Gasteiger partial charge >= 0.3 is 0 Å². The van der Waals surface area contributed by atoms with E-state index < -0.39 is 12.1 Å². The largest absolute Gasteiger partial charge is 0.356 e. The summed E-state index contributed by atoms with van der Waals surface area (Å²) in [5.74, 6) is 0.365. The zero-order valence-corrected chi connectivity index (χ0v) is 14.8. The average Bonchev–Trinajstić information content (AvgIpc) is 2.74. The van der Waals surface area contributed by atoms with E-state index in [-0.39, 0.29) is 18.4 Å². The molecule has 4 rings (SSSR count). The third-order valence-corrected chi connectivity index (χ3v) is 4.84. The van der Waals surface area contributed by atoms with Crippen molar-refractivity contribution < 1.29 is 14.3 Å². The molecule has 2 aromatic rings. The van der Waals surface area contributed by atoms with Gasteiger partial charge in [0, 0.05) is 38.6 Å². The Morgan fingerprint density at radius 3 is 2.44 bits per heavy atom. The molecule has 2 amide bonds. The Bertz CT molecular complexity index is 794. The van der Waals surface area contributed by atoms with Crippen molar-refractivity contribution in [1.82, 2.24) is 20.2 Å². The standard InChI is InChI=1S/C19H21N5O3/c25-15-13-27-17(16(22-15)14-5-2-1-3-6-14)18(26)23-9-11-24(12-10-23)19-20-7-4-8-21-19/h1-8,16-17H,9-13H2,(H,22,25). The highest BCUT2D eigenvalue weighted by Crippen LogP contribution is 2.24. The lowest BCUT2D eigenvalue weighted by molar-refractivity contribution is -0.155. The van der Waals surface area contributed by atoms with Gasteiger partial charge in [0.25, 0.3) is 5.91 Å². The summed E-state index contributed by atoms with van der Waals surface area (Å²) >= 11 is 0. The molecule has 2 saturated heterocycles. The fraction of sp³-hybridized carbons (Fsp3) is 0.368. The van der Waals surface area contributed by atoms with Crippen LogP contribution in [0, 0.1) is 0 Å². The summed E-state index contributed by atoms with van der Waals surface area (Å²) in [6.45, 7) is 2.34. The molecular weight excluding hydrogens is 346 g/mol. The van der Waals surface area contributed by atoms with E-state index in [1.165, 1.54) is 0 Å². The summed E-state index contributed by atoms with van der Waals surface area (Å²) < 4.78 is 5.64. The number of carbonyl (C=O) groups excluding carboxylic acids is 2. The van der Waals surface area contributed by atoms with Crippen molar-refractivity contribution in [2.24, 2.45) is 0 Å². The molecule has 3 heterocycles. The van der Waals surface area contributed by atoms with Crippen molar-refractivity contribution in [3.8, 4) is 0 Å². The third kappa shape index (κ3) is 3.75. The molecule has 8 nitrogen and oxygen atoms in total. The number of piperazine rings is 1. The van der Waals surface area contributed by atoms with Gasteiger partial charge < -0.3 is 19.9 Å². The zero-order chi connectivity index (χ0) is 18.6. The number of ether oxygens (including phenoxy) is 1. The predicted molar refractivity (Wildman–Crippen MR) is 97.9 cm³/mol. The molecule has 2 atom stereocenters. The first-order chi connectivity index (χ1) is 13.2. The molecule has 2 aliphatic heterocycles. The van der Waals surface area contributed by atoms with Crippen molar-refractivity contribution in [3.05, 3.63) is 54.4 Å². The van der Waals surface area contributed by atoms with Gasteiger partial charge in [-0.1, -0.05) is 30.3 Å². The van der Waals surface area contributed by atoms with Gasteiger partial charge in [-0.2, -0.15) is 0 Å². The molecule has 0 spiro atoms. The molecule has 0 aliphatic carbocycles. The van der Waals surface area contributed by atoms with E-state index in [9.17, 15) is 9.59 Å². The van der Waals surface area contributed by atoms with Crippen LogP contribution in [0.3, 0.4) is 0 Å². The molecular formula is C19H21N5O3. The monoisotopic (exact) mass is 367 g/mol. The maximum atomic E-state index is 13.1. The van der Waals surface area contributed by atoms with Crippen molar-refractivity contribution in [3.63, 3.8) is 0 Å². The quantitative estimate of drug-likeness (QED) is 0.844. The molecule has 2 fully saturated rings. The predicted octanol–water partition coefficient (Wildman–Crippen LogP) is 0.382. The Morgan fingerprint density at radius 1 is 1.04 bits per heavy atom. The minimum atomic E-state index is -0.718. The van der Waals surface area contributed by atoms with Gasteiger partial charge in [-0.15, -0.1) is 0 Å². The Kier molecular flexibility index (Phi) is 4.97. The number of hydrogen-bond acceptors (Lipinski definition) is 6. The van der Waals surface area contributed by atoms with Crippen molar-refractivity contribution in [2.45, 2.75) is 12.1 Å². The Morgan fingerprint density at radius 2 is 1.74 bits per heavy atom. The summed E-state index contributed by atoms with van der Waals surface area (Å²) in [6, 6.07) is 10.8. The molecule has 2 aliphatic rings. The van der Waals surface area contributed by atoms with Crippen LogP contribution in [0.2, 0.25) is 0 Å². The number of anilines is 1. The summed E-state index contributed by atoms with van der Waals surface area (Å²) in [6.07, 6.45) is 2.70. The SMILES string of the molecule is O=C1COC(C(=O)N2CCN(c3ncccn3)CC2)C(c2ccccc2)N1. The zero-order valence-electron chi connectivity index (χ0n) is 14.8. The second-order valence-electron chi connectivity index (χ2n) is 6.55. The van der Waals surface area contributed by atoms with Gasteiger partial charge in [-0.25, -0.2) is 9.97 Å². The maximum absolute atomic E-state index is 13.1. The highest BCUT2D eigenvalue weighted by atomic mass is 16.5. The highest BCUT2D eigenvalue weighted by molar-refractivity contribution is 5.86. The fourth-order valence-electron chi connectivity index (χ4n) is 3.45. The van der Waals surface area contributed by atoms with E-state index in [2.05, 4.69) is 20.2 Å². The topological polar surface area (TPSA) is 87.7 Å². The second kappa shape index (κ2) is 7.71. The van der Waals surface area contributed by atoms with Gasteiger partial charge in [-0.3, -0.25) is 9.59 Å². The first-order valence-corrected chi connectivity index (χ1v) is 8.99. The number of morpholine rings is 1. The van der Waals surface area contributed by atoms with Crippen molar-refractivity contribution >= 4 is 17.8 Å². The van der Waals surface area contributed by atoms with Crippen LogP contribution < -0.4 is 10.2 Å². The van der Waals surface area contributed by atoms with Crippen LogP contribution in [0.1, 0.15) is 11.6 Å². The number of rotatable bonds is 3. The summed E-state index contributed by atoms with van der Waals surface area (Å²) in [4.78, 5) is 37.3. The number of benzene rings is 1. The number of carbonyl (C=O) groups is 2. The lowest BCUT2D eigenvalue weighted by atomic mass is 9.98. The molecule has 0 radical (unpaired) electrons. The molecule has 0 bridgehead atoms. The van der Waals surface area contributed by atoms with Crippen LogP contribution >= 0.6 is 0 Å². The average molecular weight is 367 g/mol. The van der Waals surface area contributed by atoms with Crippen LogP contribution in [0.15, 0.2) is 48.8 Å². The van der Waals surface area contributed by atoms with Crippen LogP contribution in [0.4, 0.5) is 5.95 Å². The Balaban J connectivity index is 1.44. The molecule has 1 aromatic carbocycles. The van der Waals surface area contributed by atoms with E-state index in [1.54, 1.807) is 23.4 Å². The highest BCUT2D eigenvalue weighted by Gasteiger charge is 2.39. The summed E-state index contributed by atoms with van der Waals surface area (Å²) in [7, 11) is 0. The maximum Gasteiger partial charge on any atom is 0.254 e. The van der Waals surface area contributed by atoms with Gasteiger partial charge in [0.2, 0.25) is 11.9 Å². The number of hydrogen-bond donors (Lipinski definition) is 1. The van der Waals surface area contributed by atoms with E-state index >= 15 is 0 Å². The third-order valence-electron chi connectivity index (χ3n) is 4.84. The Labute approximate surface area is 157 Å². The van der Waals surface area contributed by atoms with E-state index in [4.69, 9.17) is 4.74 Å². The number of nitrogens with one attached hydrogen (secondary N) is 1. The molecule has 1 N–H and O–H groups in total. The molecule has 1 aromatic heterocycles. The van der Waals surface area contributed by atoms with E-state index in [0.717, 1.165) is 5.56 Å². The number of aromatic nitrogens is 2. The normalized spacial score (nSPS) is 23.0. The number of nitrogens with zero attached hydrogens (tertiary/aromatic N) is 4. The van der Waals surface area contributed by atoms with Crippen LogP contribution in [-0.2, 0) is 14.3 Å². The molecule has 2 unspecified atom stereocenters. The Hall–Kier alpha value is -3.00. The van der Waals surface area contributed by atoms with Crippen molar-refractivity contribution in [1.29, 1.82) is 0 Å². The molecule has 8 heteroatoms. The van der Waals surface area contributed by atoms with Crippen LogP contribution in [-0.4, -0.2) is 65.6 Å². The van der Waals surface area contributed by atoms with Gasteiger partial charge in [0.1, 0.15) is 6.61 Å². The number of amides is 2. The fourth-order valence-corrected chi connectivity index (χ4v) is 3.45. The lowest BCUT2D eigenvalue weighted by Crippen LogP contribution is -2.57. The lowest BCUT2D eigenvalue weighted by Gasteiger charge is -2.39. The second-order valence-corrected chi connectivity index (χ2v) is 6.55. The van der Waals surface area contributed by atoms with Gasteiger partial charge in [0.15, 0.2) is 6.10 Å². The van der Waals surface area contributed by atoms with Gasteiger partial charge in [-0.05, 0) is 11.6 Å². The van der Waals surface area contributed by atoms with Crippen LogP contribution in [0.25, 0.3) is 0 Å².